The maximum absolute atomic E-state index is 12.4. The van der Waals surface area contributed by atoms with E-state index in [2.05, 4.69) is 28.3 Å². The van der Waals surface area contributed by atoms with Gasteiger partial charge in [0.15, 0.2) is 5.16 Å². The van der Waals surface area contributed by atoms with Gasteiger partial charge in [0.2, 0.25) is 5.91 Å². The summed E-state index contributed by atoms with van der Waals surface area (Å²) in [6.45, 7) is 2.09. The van der Waals surface area contributed by atoms with Crippen molar-refractivity contribution in [2.45, 2.75) is 57.0 Å². The third-order valence-electron chi connectivity index (χ3n) is 4.44. The fourth-order valence-corrected chi connectivity index (χ4v) is 5.06. The average Bonchev–Trinajstić information content (AvgIpc) is 3.01. The van der Waals surface area contributed by atoms with Crippen LogP contribution in [0.15, 0.2) is 16.0 Å². The van der Waals surface area contributed by atoms with E-state index in [1.165, 1.54) is 34.0 Å². The number of nitrogens with one attached hydrogen (secondary N) is 2. The number of aromatic amines is 1. The molecule has 27 heavy (non-hydrogen) atoms. The summed E-state index contributed by atoms with van der Waals surface area (Å²) in [6.07, 6.45) is 6.88. The Balaban J connectivity index is 1.64. The SMILES string of the molecule is CCCCc1cc(=O)[nH]c(SCC(=O)Nc2sc3c(c2C#N)CCCC3)n1. The maximum Gasteiger partial charge on any atom is 0.251 e. The predicted molar refractivity (Wildman–Crippen MR) is 108 cm³/mol. The number of unbranched alkanes of at least 4 members (excludes halogenated alkanes) is 1. The van der Waals surface area contributed by atoms with Crippen molar-refractivity contribution >= 4 is 34.0 Å². The molecule has 0 aliphatic heterocycles. The normalized spacial score (nSPS) is 13.0. The van der Waals surface area contributed by atoms with Gasteiger partial charge in [-0.05, 0) is 44.1 Å². The van der Waals surface area contributed by atoms with E-state index >= 15 is 0 Å². The molecule has 2 aromatic rings. The molecule has 0 fully saturated rings. The van der Waals surface area contributed by atoms with E-state index < -0.39 is 0 Å². The third kappa shape index (κ3) is 4.99. The third-order valence-corrected chi connectivity index (χ3v) is 6.52. The summed E-state index contributed by atoms with van der Waals surface area (Å²) in [5, 5.41) is 13.4. The van der Waals surface area contributed by atoms with Crippen LogP contribution in [0.3, 0.4) is 0 Å². The Morgan fingerprint density at radius 1 is 1.44 bits per heavy atom. The Morgan fingerprint density at radius 2 is 2.26 bits per heavy atom. The number of hydrogen-bond acceptors (Lipinski definition) is 6. The van der Waals surface area contributed by atoms with Crippen molar-refractivity contribution in [3.8, 4) is 6.07 Å². The number of thiophene rings is 1. The topological polar surface area (TPSA) is 98.6 Å². The van der Waals surface area contributed by atoms with Crippen molar-refractivity contribution in [3.63, 3.8) is 0 Å². The van der Waals surface area contributed by atoms with Crippen LogP contribution < -0.4 is 10.9 Å². The second-order valence-corrected chi connectivity index (χ2v) is 8.58. The highest BCUT2D eigenvalue weighted by Gasteiger charge is 2.21. The molecule has 2 heterocycles. The Hall–Kier alpha value is -2.11. The number of aryl methyl sites for hydroxylation is 2. The van der Waals surface area contributed by atoms with Gasteiger partial charge in [0.1, 0.15) is 11.1 Å². The number of nitriles is 1. The smallest absolute Gasteiger partial charge is 0.251 e. The molecule has 1 amide bonds. The first-order chi connectivity index (χ1) is 13.1. The molecule has 8 heteroatoms. The predicted octanol–water partition coefficient (Wildman–Crippen LogP) is 3.66. The van der Waals surface area contributed by atoms with Gasteiger partial charge in [-0.3, -0.25) is 9.59 Å². The van der Waals surface area contributed by atoms with E-state index in [1.807, 2.05) is 0 Å². The van der Waals surface area contributed by atoms with E-state index in [0.717, 1.165) is 56.2 Å². The Bertz CT molecular complexity index is 927. The van der Waals surface area contributed by atoms with Crippen LogP contribution in [0, 0.1) is 11.3 Å². The van der Waals surface area contributed by atoms with Gasteiger partial charge in [-0.15, -0.1) is 11.3 Å². The maximum atomic E-state index is 12.4. The molecule has 0 bridgehead atoms. The van der Waals surface area contributed by atoms with Crippen LogP contribution in [0.25, 0.3) is 0 Å². The second-order valence-electron chi connectivity index (χ2n) is 6.51. The number of carbonyl (C=O) groups is 1. The lowest BCUT2D eigenvalue weighted by Crippen LogP contribution is -2.16. The molecule has 2 N–H and O–H groups in total. The molecule has 0 spiro atoms. The minimum absolute atomic E-state index is 0.133. The Kier molecular flexibility index (Phi) is 6.69. The number of thioether (sulfide) groups is 1. The van der Waals surface area contributed by atoms with Gasteiger partial charge in [-0.1, -0.05) is 25.1 Å². The van der Waals surface area contributed by atoms with Gasteiger partial charge >= 0.3 is 0 Å². The lowest BCUT2D eigenvalue weighted by molar-refractivity contribution is -0.113. The average molecular weight is 403 g/mol. The number of amides is 1. The fourth-order valence-electron chi connectivity index (χ4n) is 3.11. The number of carbonyl (C=O) groups excluding carboxylic acids is 1. The minimum Gasteiger partial charge on any atom is -0.316 e. The molecular weight excluding hydrogens is 380 g/mol. The molecule has 0 aromatic carbocycles. The van der Waals surface area contributed by atoms with Crippen molar-refractivity contribution < 1.29 is 4.79 Å². The van der Waals surface area contributed by atoms with Crippen LogP contribution in [0.4, 0.5) is 5.00 Å². The van der Waals surface area contributed by atoms with Gasteiger partial charge in [-0.25, -0.2) is 4.98 Å². The highest BCUT2D eigenvalue weighted by Crippen LogP contribution is 2.37. The summed E-state index contributed by atoms with van der Waals surface area (Å²) in [7, 11) is 0. The first-order valence-corrected chi connectivity index (χ1v) is 11.0. The van der Waals surface area contributed by atoms with Crippen LogP contribution in [0.2, 0.25) is 0 Å². The van der Waals surface area contributed by atoms with Gasteiger partial charge in [0.05, 0.1) is 11.3 Å². The van der Waals surface area contributed by atoms with Crippen molar-refractivity contribution in [1.82, 2.24) is 9.97 Å². The summed E-state index contributed by atoms with van der Waals surface area (Å²) in [5.41, 5.74) is 2.27. The molecule has 0 saturated heterocycles. The number of anilines is 1. The van der Waals surface area contributed by atoms with Gasteiger partial charge in [0, 0.05) is 16.6 Å². The van der Waals surface area contributed by atoms with Crippen molar-refractivity contribution in [2.24, 2.45) is 0 Å². The molecule has 0 atom stereocenters. The zero-order valence-electron chi connectivity index (χ0n) is 15.3. The highest BCUT2D eigenvalue weighted by molar-refractivity contribution is 7.99. The summed E-state index contributed by atoms with van der Waals surface area (Å²) in [6, 6.07) is 3.76. The van der Waals surface area contributed by atoms with Gasteiger partial charge in [-0.2, -0.15) is 5.26 Å². The molecule has 142 valence electrons. The molecule has 0 radical (unpaired) electrons. The van der Waals surface area contributed by atoms with Crippen LogP contribution >= 0.6 is 23.1 Å². The second kappa shape index (κ2) is 9.20. The standard InChI is InChI=1S/C19H22N4O2S2/c1-2-3-6-12-9-16(24)23-19(21-12)26-11-17(25)22-18-14(10-20)13-7-4-5-8-15(13)27-18/h9H,2-8,11H2,1H3,(H,22,25)(H,21,23,24). The fraction of sp³-hybridized carbons (Fsp3) is 0.474. The van der Waals surface area contributed by atoms with Gasteiger partial charge < -0.3 is 10.3 Å². The first kappa shape index (κ1) is 19.6. The van der Waals surface area contributed by atoms with Crippen LogP contribution in [0.1, 0.15) is 54.3 Å². The number of rotatable bonds is 7. The van der Waals surface area contributed by atoms with Gasteiger partial charge in [0.25, 0.3) is 5.56 Å². The summed E-state index contributed by atoms with van der Waals surface area (Å²) in [5.74, 6) is -0.0649. The monoisotopic (exact) mass is 402 g/mol. The zero-order chi connectivity index (χ0) is 19.2. The minimum atomic E-state index is -0.197. The van der Waals surface area contributed by atoms with E-state index in [1.54, 1.807) is 0 Å². The van der Waals surface area contributed by atoms with E-state index in [9.17, 15) is 14.9 Å². The first-order valence-electron chi connectivity index (χ1n) is 9.18. The largest absolute Gasteiger partial charge is 0.316 e. The number of nitrogens with zero attached hydrogens (tertiary/aromatic N) is 2. The lowest BCUT2D eigenvalue weighted by Gasteiger charge is -2.09. The number of aromatic nitrogens is 2. The van der Waals surface area contributed by atoms with Crippen molar-refractivity contribution in [3.05, 3.63) is 38.1 Å². The molecular formula is C19H22N4O2S2. The number of fused-ring (bicyclic) bond motifs is 1. The molecule has 1 aliphatic rings. The molecule has 6 nitrogen and oxygen atoms in total. The summed E-state index contributed by atoms with van der Waals surface area (Å²) < 4.78 is 0. The summed E-state index contributed by atoms with van der Waals surface area (Å²) in [4.78, 5) is 32.4. The molecule has 2 aromatic heterocycles. The van der Waals surface area contributed by atoms with E-state index in [-0.39, 0.29) is 17.2 Å². The quantitative estimate of drug-likeness (QED) is 0.544. The number of hydrogen-bond donors (Lipinski definition) is 2. The molecule has 0 unspecified atom stereocenters. The van der Waals surface area contributed by atoms with Crippen LogP contribution in [-0.2, 0) is 24.1 Å². The van der Waals surface area contributed by atoms with Crippen molar-refractivity contribution in [1.29, 1.82) is 5.26 Å². The Labute approximate surface area is 166 Å². The van der Waals surface area contributed by atoms with Crippen LogP contribution in [-0.4, -0.2) is 21.6 Å². The lowest BCUT2D eigenvalue weighted by atomic mass is 9.96. The molecule has 3 rings (SSSR count). The zero-order valence-corrected chi connectivity index (χ0v) is 16.9. The van der Waals surface area contributed by atoms with E-state index in [0.29, 0.717) is 15.7 Å². The highest BCUT2D eigenvalue weighted by atomic mass is 32.2. The molecule has 0 saturated carbocycles. The summed E-state index contributed by atoms with van der Waals surface area (Å²) >= 11 is 2.71. The Morgan fingerprint density at radius 3 is 3.04 bits per heavy atom. The number of H-pyrrole nitrogens is 1. The van der Waals surface area contributed by atoms with Crippen molar-refractivity contribution in [2.75, 3.05) is 11.1 Å². The van der Waals surface area contributed by atoms with Crippen LogP contribution in [0.5, 0.6) is 0 Å². The van der Waals surface area contributed by atoms with E-state index in [4.69, 9.17) is 0 Å². The molecule has 1 aliphatic carbocycles.